The predicted molar refractivity (Wildman–Crippen MR) is 38.2 cm³/mol. The first kappa shape index (κ1) is 8.78. The van der Waals surface area contributed by atoms with Gasteiger partial charge in [-0.3, -0.25) is 10.5 Å². The molecule has 0 aliphatic carbocycles. The van der Waals surface area contributed by atoms with Crippen molar-refractivity contribution in [2.75, 3.05) is 5.75 Å². The van der Waals surface area contributed by atoms with Gasteiger partial charge in [0.15, 0.2) is 5.72 Å². The van der Waals surface area contributed by atoms with E-state index in [1.54, 1.807) is 13.8 Å². The van der Waals surface area contributed by atoms with Crippen molar-refractivity contribution in [2.24, 2.45) is 5.73 Å². The van der Waals surface area contributed by atoms with Crippen LogP contribution in [0.15, 0.2) is 0 Å². The number of thiol groups is 1. The van der Waals surface area contributed by atoms with Gasteiger partial charge in [0.05, 0.1) is 5.75 Å². The van der Waals surface area contributed by atoms with Gasteiger partial charge in [0.1, 0.15) is 0 Å². The molecule has 4 heteroatoms. The van der Waals surface area contributed by atoms with Gasteiger partial charge in [-0.15, -0.1) is 0 Å². The SMILES string of the molecule is CC(C)(N)OC(=O)CS. The Morgan fingerprint density at radius 1 is 1.78 bits per heavy atom. The summed E-state index contributed by atoms with van der Waals surface area (Å²) in [7, 11) is 0. The van der Waals surface area contributed by atoms with Crippen LogP contribution in [0.3, 0.4) is 0 Å². The summed E-state index contributed by atoms with van der Waals surface area (Å²) in [6, 6.07) is 0. The molecule has 9 heavy (non-hydrogen) atoms. The maximum absolute atomic E-state index is 10.4. The molecule has 0 bridgehead atoms. The van der Waals surface area contributed by atoms with E-state index in [1.165, 1.54) is 0 Å². The smallest absolute Gasteiger partial charge is 0.317 e. The second-order valence-electron chi connectivity index (χ2n) is 2.24. The van der Waals surface area contributed by atoms with Gasteiger partial charge in [0.25, 0.3) is 0 Å². The van der Waals surface area contributed by atoms with Crippen LogP contribution in [0.1, 0.15) is 13.8 Å². The first-order chi connectivity index (χ1) is 3.95. The van der Waals surface area contributed by atoms with Crippen molar-refractivity contribution in [3.05, 3.63) is 0 Å². The number of rotatable bonds is 2. The number of hydrogen-bond donors (Lipinski definition) is 2. The Morgan fingerprint density at radius 2 is 2.22 bits per heavy atom. The third-order valence-corrected chi connectivity index (χ3v) is 0.764. The molecule has 2 N–H and O–H groups in total. The molecule has 0 aromatic rings. The number of carbonyl (C=O) groups excluding carboxylic acids is 1. The summed E-state index contributed by atoms with van der Waals surface area (Å²) in [5.41, 5.74) is 4.46. The fourth-order valence-corrected chi connectivity index (χ4v) is 0.390. The van der Waals surface area contributed by atoms with Crippen molar-refractivity contribution in [1.82, 2.24) is 0 Å². The Balaban J connectivity index is 3.60. The molecule has 0 unspecified atom stereocenters. The van der Waals surface area contributed by atoms with Crippen molar-refractivity contribution in [1.29, 1.82) is 0 Å². The molecule has 0 atom stereocenters. The highest BCUT2D eigenvalue weighted by molar-refractivity contribution is 7.81. The fraction of sp³-hybridized carbons (Fsp3) is 0.800. The van der Waals surface area contributed by atoms with Crippen LogP contribution in [0, 0.1) is 0 Å². The van der Waals surface area contributed by atoms with Gasteiger partial charge in [-0.2, -0.15) is 12.6 Å². The highest BCUT2D eigenvalue weighted by Gasteiger charge is 2.14. The second-order valence-corrected chi connectivity index (χ2v) is 2.55. The van der Waals surface area contributed by atoms with Gasteiger partial charge in [-0.25, -0.2) is 0 Å². The lowest BCUT2D eigenvalue weighted by Crippen LogP contribution is -2.38. The summed E-state index contributed by atoms with van der Waals surface area (Å²) in [5, 5.41) is 0. The average molecular weight is 149 g/mol. The number of carbonyl (C=O) groups is 1. The molecule has 0 radical (unpaired) electrons. The number of nitrogens with two attached hydrogens (primary N) is 1. The first-order valence-electron chi connectivity index (χ1n) is 2.57. The summed E-state index contributed by atoms with van der Waals surface area (Å²) in [5.74, 6) is -0.327. The first-order valence-corrected chi connectivity index (χ1v) is 3.20. The Labute approximate surface area is 60.0 Å². The van der Waals surface area contributed by atoms with Crippen molar-refractivity contribution < 1.29 is 9.53 Å². The lowest BCUT2D eigenvalue weighted by molar-refractivity contribution is -0.152. The summed E-state index contributed by atoms with van der Waals surface area (Å²) in [6.07, 6.45) is 0. The highest BCUT2D eigenvalue weighted by Crippen LogP contribution is 1.99. The molecule has 0 aliphatic rings. The van der Waals surface area contributed by atoms with Gasteiger partial charge >= 0.3 is 5.97 Å². The quantitative estimate of drug-likeness (QED) is 0.334. The topological polar surface area (TPSA) is 52.3 Å². The van der Waals surface area contributed by atoms with E-state index in [0.717, 1.165) is 0 Å². The molecule has 0 saturated carbocycles. The van der Waals surface area contributed by atoms with Gasteiger partial charge in [-0.1, -0.05) is 0 Å². The second kappa shape index (κ2) is 3.08. The van der Waals surface area contributed by atoms with E-state index in [2.05, 4.69) is 17.4 Å². The van der Waals surface area contributed by atoms with E-state index in [0.29, 0.717) is 0 Å². The monoisotopic (exact) mass is 149 g/mol. The molecule has 0 amide bonds. The van der Waals surface area contributed by atoms with Gasteiger partial charge in [0.2, 0.25) is 0 Å². The van der Waals surface area contributed by atoms with Crippen LogP contribution in [0.2, 0.25) is 0 Å². The maximum Gasteiger partial charge on any atom is 0.317 e. The molecule has 0 fully saturated rings. The minimum Gasteiger partial charge on any atom is -0.444 e. The minimum atomic E-state index is -0.875. The number of esters is 1. The van der Waals surface area contributed by atoms with E-state index < -0.39 is 11.7 Å². The van der Waals surface area contributed by atoms with E-state index in [4.69, 9.17) is 5.73 Å². The Bertz CT molecular complexity index is 108. The van der Waals surface area contributed by atoms with E-state index in [-0.39, 0.29) is 5.75 Å². The molecule has 54 valence electrons. The summed E-state index contributed by atoms with van der Waals surface area (Å²) >= 11 is 3.70. The van der Waals surface area contributed by atoms with Crippen LogP contribution in [-0.2, 0) is 9.53 Å². The zero-order chi connectivity index (χ0) is 7.49. The highest BCUT2D eigenvalue weighted by atomic mass is 32.1. The van der Waals surface area contributed by atoms with Crippen molar-refractivity contribution >= 4 is 18.6 Å². The van der Waals surface area contributed by atoms with Crippen LogP contribution in [-0.4, -0.2) is 17.4 Å². The standard InChI is InChI=1S/C5H11NO2S/c1-5(2,6)8-4(7)3-9/h9H,3,6H2,1-2H3. The third kappa shape index (κ3) is 5.65. The van der Waals surface area contributed by atoms with E-state index in [1.807, 2.05) is 0 Å². The van der Waals surface area contributed by atoms with Crippen molar-refractivity contribution in [3.8, 4) is 0 Å². The summed E-state index contributed by atoms with van der Waals surface area (Å²) < 4.78 is 4.65. The maximum atomic E-state index is 10.4. The zero-order valence-corrected chi connectivity index (χ0v) is 6.44. The molecule has 0 aliphatic heterocycles. The third-order valence-electron chi connectivity index (χ3n) is 0.506. The minimum absolute atomic E-state index is 0.0701. The van der Waals surface area contributed by atoms with Crippen molar-refractivity contribution in [2.45, 2.75) is 19.6 Å². The molecule has 0 rings (SSSR count). The summed E-state index contributed by atoms with van der Waals surface area (Å²) in [4.78, 5) is 10.4. The lowest BCUT2D eigenvalue weighted by Gasteiger charge is -2.18. The molecule has 3 nitrogen and oxygen atoms in total. The van der Waals surface area contributed by atoms with Crippen LogP contribution in [0.5, 0.6) is 0 Å². The number of hydrogen-bond acceptors (Lipinski definition) is 4. The number of ether oxygens (including phenoxy) is 1. The average Bonchev–Trinajstić information content (AvgIpc) is 1.62. The van der Waals surface area contributed by atoms with Crippen LogP contribution in [0.4, 0.5) is 0 Å². The lowest BCUT2D eigenvalue weighted by atomic mass is 10.3. The fourth-order valence-electron chi connectivity index (χ4n) is 0.326. The molecule has 0 saturated heterocycles. The van der Waals surface area contributed by atoms with E-state index in [9.17, 15) is 4.79 Å². The summed E-state index contributed by atoms with van der Waals surface area (Å²) in [6.45, 7) is 3.21. The molecule has 0 aromatic carbocycles. The Kier molecular flexibility index (Phi) is 3.00. The van der Waals surface area contributed by atoms with Gasteiger partial charge in [0, 0.05) is 0 Å². The molecular formula is C5H11NO2S. The largest absolute Gasteiger partial charge is 0.444 e. The normalized spacial score (nSPS) is 11.1. The molecule has 0 heterocycles. The van der Waals surface area contributed by atoms with Crippen LogP contribution >= 0.6 is 12.6 Å². The zero-order valence-electron chi connectivity index (χ0n) is 5.55. The molecular weight excluding hydrogens is 138 g/mol. The molecule has 0 spiro atoms. The van der Waals surface area contributed by atoms with Crippen LogP contribution < -0.4 is 5.73 Å². The van der Waals surface area contributed by atoms with Gasteiger partial charge < -0.3 is 4.74 Å². The molecule has 0 aromatic heterocycles. The Hall–Kier alpha value is -0.220. The van der Waals surface area contributed by atoms with Crippen LogP contribution in [0.25, 0.3) is 0 Å². The van der Waals surface area contributed by atoms with Crippen molar-refractivity contribution in [3.63, 3.8) is 0 Å². The predicted octanol–water partition coefficient (Wildman–Crippen LogP) is 0.154. The van der Waals surface area contributed by atoms with Gasteiger partial charge in [-0.05, 0) is 13.8 Å². The Morgan fingerprint density at radius 3 is 2.33 bits per heavy atom. The van der Waals surface area contributed by atoms with E-state index >= 15 is 0 Å².